The second-order valence-corrected chi connectivity index (χ2v) is 9.13. The molecule has 1 unspecified atom stereocenters. The van der Waals surface area contributed by atoms with Crippen LogP contribution in [0.4, 0.5) is 0 Å². The lowest BCUT2D eigenvalue weighted by Gasteiger charge is -2.23. The van der Waals surface area contributed by atoms with Crippen LogP contribution in [0.25, 0.3) is 11.3 Å². The Morgan fingerprint density at radius 1 is 1.23 bits per heavy atom. The number of furan rings is 1. The van der Waals surface area contributed by atoms with Crippen LogP contribution >= 0.6 is 0 Å². The third kappa shape index (κ3) is 4.46. The van der Waals surface area contributed by atoms with Gasteiger partial charge in [0.1, 0.15) is 17.3 Å². The molecule has 0 radical (unpaired) electrons. The van der Waals surface area contributed by atoms with E-state index in [1.54, 1.807) is 14.0 Å². The predicted octanol–water partition coefficient (Wildman–Crippen LogP) is 2.58. The van der Waals surface area contributed by atoms with E-state index in [1.165, 1.54) is 0 Å². The number of methoxy groups -OCH3 is 1. The van der Waals surface area contributed by atoms with Gasteiger partial charge in [-0.3, -0.25) is 4.79 Å². The molecule has 1 amide bonds. The maximum atomic E-state index is 12.2. The maximum Gasteiger partial charge on any atom is 0.220 e. The van der Waals surface area contributed by atoms with Crippen LogP contribution in [0.3, 0.4) is 0 Å². The minimum atomic E-state index is -3.04. The Balaban J connectivity index is 1.55. The standard InChI is InChI=1S/C19H23NO5S/c1-19(11-12-26(22,23)13-19)20-18(21)10-8-16-7-9-17(25-16)14-3-5-15(24-2)6-4-14/h3-7,9H,8,10-13H2,1-2H3,(H,20,21). The van der Waals surface area contributed by atoms with Crippen LogP contribution in [0.15, 0.2) is 40.8 Å². The molecular formula is C19H23NO5S. The van der Waals surface area contributed by atoms with Gasteiger partial charge in [-0.25, -0.2) is 8.42 Å². The average Bonchev–Trinajstić information content (AvgIpc) is 3.17. The topological polar surface area (TPSA) is 85.6 Å². The molecule has 1 atom stereocenters. The lowest BCUT2D eigenvalue weighted by molar-refractivity contribution is -0.122. The van der Waals surface area contributed by atoms with Gasteiger partial charge < -0.3 is 14.5 Å². The number of ether oxygens (including phenoxy) is 1. The van der Waals surface area contributed by atoms with Crippen molar-refractivity contribution >= 4 is 15.7 Å². The van der Waals surface area contributed by atoms with Gasteiger partial charge in [0, 0.05) is 18.4 Å². The molecule has 1 saturated heterocycles. The van der Waals surface area contributed by atoms with Crippen molar-refractivity contribution in [2.24, 2.45) is 0 Å². The van der Waals surface area contributed by atoms with Crippen molar-refractivity contribution in [2.75, 3.05) is 18.6 Å². The second-order valence-electron chi connectivity index (χ2n) is 6.95. The number of carbonyl (C=O) groups excluding carboxylic acids is 1. The van der Waals surface area contributed by atoms with E-state index in [9.17, 15) is 13.2 Å². The van der Waals surface area contributed by atoms with Gasteiger partial charge in [0.25, 0.3) is 0 Å². The minimum Gasteiger partial charge on any atom is -0.497 e. The predicted molar refractivity (Wildman–Crippen MR) is 98.8 cm³/mol. The zero-order chi connectivity index (χ0) is 18.8. The van der Waals surface area contributed by atoms with Crippen molar-refractivity contribution in [2.45, 2.75) is 31.7 Å². The molecule has 1 aromatic heterocycles. The summed E-state index contributed by atoms with van der Waals surface area (Å²) >= 11 is 0. The second kappa shape index (κ2) is 7.15. The van der Waals surface area contributed by atoms with Gasteiger partial charge >= 0.3 is 0 Å². The Morgan fingerprint density at radius 3 is 2.58 bits per heavy atom. The van der Waals surface area contributed by atoms with E-state index in [1.807, 2.05) is 36.4 Å². The lowest BCUT2D eigenvalue weighted by atomic mass is 10.0. The molecule has 2 heterocycles. The van der Waals surface area contributed by atoms with Crippen LogP contribution in [0.2, 0.25) is 0 Å². The van der Waals surface area contributed by atoms with Crippen LogP contribution in [-0.2, 0) is 21.1 Å². The third-order valence-electron chi connectivity index (χ3n) is 4.58. The molecule has 0 aliphatic carbocycles. The van der Waals surface area contributed by atoms with Gasteiger partial charge in [-0.05, 0) is 49.7 Å². The van der Waals surface area contributed by atoms with Crippen LogP contribution in [0.1, 0.15) is 25.5 Å². The molecule has 140 valence electrons. The monoisotopic (exact) mass is 377 g/mol. The molecule has 0 bridgehead atoms. The van der Waals surface area contributed by atoms with E-state index in [4.69, 9.17) is 9.15 Å². The first-order valence-corrected chi connectivity index (χ1v) is 10.4. The first-order chi connectivity index (χ1) is 12.3. The van der Waals surface area contributed by atoms with Crippen LogP contribution in [0, 0.1) is 0 Å². The summed E-state index contributed by atoms with van der Waals surface area (Å²) in [6.07, 6.45) is 1.18. The first kappa shape index (κ1) is 18.5. The van der Waals surface area contributed by atoms with Crippen molar-refractivity contribution in [3.63, 3.8) is 0 Å². The fourth-order valence-electron chi connectivity index (χ4n) is 3.17. The van der Waals surface area contributed by atoms with Gasteiger partial charge in [-0.2, -0.15) is 0 Å². The highest BCUT2D eigenvalue weighted by Crippen LogP contribution is 2.26. The number of amides is 1. The average molecular weight is 377 g/mol. The number of hydrogen-bond acceptors (Lipinski definition) is 5. The Kier molecular flexibility index (Phi) is 5.09. The SMILES string of the molecule is COc1ccc(-c2ccc(CCC(=O)NC3(C)CCS(=O)(=O)C3)o2)cc1. The summed E-state index contributed by atoms with van der Waals surface area (Å²) < 4.78 is 34.2. The van der Waals surface area contributed by atoms with E-state index >= 15 is 0 Å². The molecule has 1 N–H and O–H groups in total. The van der Waals surface area contributed by atoms with Gasteiger partial charge in [-0.1, -0.05) is 0 Å². The summed E-state index contributed by atoms with van der Waals surface area (Å²) in [4.78, 5) is 12.2. The third-order valence-corrected chi connectivity index (χ3v) is 6.48. The summed E-state index contributed by atoms with van der Waals surface area (Å²) in [5.41, 5.74) is 0.276. The number of sulfone groups is 1. The first-order valence-electron chi connectivity index (χ1n) is 8.53. The van der Waals surface area contributed by atoms with Crippen molar-refractivity contribution in [3.05, 3.63) is 42.2 Å². The molecule has 0 spiro atoms. The number of nitrogens with one attached hydrogen (secondary N) is 1. The molecule has 3 rings (SSSR count). The largest absolute Gasteiger partial charge is 0.497 e. The summed E-state index contributed by atoms with van der Waals surface area (Å²) in [7, 11) is -1.42. The Labute approximate surface area is 153 Å². The molecule has 26 heavy (non-hydrogen) atoms. The number of hydrogen-bond donors (Lipinski definition) is 1. The van der Waals surface area contributed by atoms with E-state index in [0.717, 1.165) is 22.8 Å². The van der Waals surface area contributed by atoms with Crippen LogP contribution < -0.4 is 10.1 Å². The smallest absolute Gasteiger partial charge is 0.220 e. The Bertz CT molecular complexity index is 885. The van der Waals surface area contributed by atoms with Gasteiger partial charge in [-0.15, -0.1) is 0 Å². The molecular weight excluding hydrogens is 354 g/mol. The van der Waals surface area contributed by atoms with Crippen molar-refractivity contribution in [1.29, 1.82) is 0 Å². The van der Waals surface area contributed by atoms with Crippen LogP contribution in [-0.4, -0.2) is 38.5 Å². The Hall–Kier alpha value is -2.28. The number of rotatable bonds is 6. The quantitative estimate of drug-likeness (QED) is 0.836. The van der Waals surface area contributed by atoms with E-state index in [-0.39, 0.29) is 23.8 Å². The van der Waals surface area contributed by atoms with Gasteiger partial charge in [0.15, 0.2) is 9.84 Å². The van der Waals surface area contributed by atoms with Crippen molar-refractivity contribution in [3.8, 4) is 17.1 Å². The highest BCUT2D eigenvalue weighted by Gasteiger charge is 2.39. The summed E-state index contributed by atoms with van der Waals surface area (Å²) in [5.74, 6) is 2.21. The zero-order valence-electron chi connectivity index (χ0n) is 14.9. The van der Waals surface area contributed by atoms with Gasteiger partial charge in [0.2, 0.25) is 5.91 Å². The highest BCUT2D eigenvalue weighted by atomic mass is 32.2. The maximum absolute atomic E-state index is 12.2. The van der Waals surface area contributed by atoms with Crippen LogP contribution in [0.5, 0.6) is 5.75 Å². The minimum absolute atomic E-state index is 0.00805. The number of aryl methyl sites for hydroxylation is 1. The fraction of sp³-hybridized carbons (Fsp3) is 0.421. The molecule has 7 heteroatoms. The number of benzene rings is 1. The summed E-state index contributed by atoms with van der Waals surface area (Å²) in [6.45, 7) is 1.78. The Morgan fingerprint density at radius 2 is 1.96 bits per heavy atom. The normalized spacial score (nSPS) is 21.5. The fourth-order valence-corrected chi connectivity index (χ4v) is 5.26. The summed E-state index contributed by atoms with van der Waals surface area (Å²) in [5, 5.41) is 2.86. The molecule has 1 aliphatic rings. The lowest BCUT2D eigenvalue weighted by Crippen LogP contribution is -2.46. The molecule has 6 nitrogen and oxygen atoms in total. The molecule has 1 aromatic carbocycles. The molecule has 1 fully saturated rings. The summed E-state index contributed by atoms with van der Waals surface area (Å²) in [6, 6.07) is 11.3. The van der Waals surface area contributed by atoms with E-state index in [2.05, 4.69) is 5.32 Å². The molecule has 1 aliphatic heterocycles. The van der Waals surface area contributed by atoms with E-state index < -0.39 is 15.4 Å². The van der Waals surface area contributed by atoms with Crippen molar-refractivity contribution in [1.82, 2.24) is 5.32 Å². The van der Waals surface area contributed by atoms with E-state index in [0.29, 0.717) is 12.8 Å². The van der Waals surface area contributed by atoms with Crippen molar-refractivity contribution < 1.29 is 22.4 Å². The highest BCUT2D eigenvalue weighted by molar-refractivity contribution is 7.91. The van der Waals surface area contributed by atoms with Gasteiger partial charge in [0.05, 0.1) is 24.2 Å². The molecule has 2 aromatic rings. The molecule has 0 saturated carbocycles. The zero-order valence-corrected chi connectivity index (χ0v) is 15.8. The number of carbonyl (C=O) groups is 1.